The highest BCUT2D eigenvalue weighted by molar-refractivity contribution is 4.52. The van der Waals surface area contributed by atoms with E-state index in [2.05, 4.69) is 6.58 Å². The zero-order valence-electron chi connectivity index (χ0n) is 5.54. The van der Waals surface area contributed by atoms with Crippen LogP contribution in [0.2, 0.25) is 0 Å². The molecule has 0 fully saturated rings. The number of aliphatic hydroxyl groups is 1. The van der Waals surface area contributed by atoms with E-state index in [-0.39, 0.29) is 12.9 Å². The molecule has 9 heavy (non-hydrogen) atoms. The molecule has 0 radical (unpaired) electrons. The Kier molecular flexibility index (Phi) is 5.26. The fourth-order valence-corrected chi connectivity index (χ4v) is 0.454. The van der Waals surface area contributed by atoms with Gasteiger partial charge in [-0.3, -0.25) is 0 Å². The first-order valence-electron chi connectivity index (χ1n) is 2.75. The van der Waals surface area contributed by atoms with Crippen LogP contribution in [0, 0.1) is 0 Å². The minimum Gasteiger partial charge on any atom is -0.473 e. The molecule has 1 N–H and O–H groups in total. The lowest BCUT2D eigenvalue weighted by Crippen LogP contribution is -2.13. The third kappa shape index (κ3) is 4.00. The topological polar surface area (TPSA) is 38.7 Å². The summed E-state index contributed by atoms with van der Waals surface area (Å²) in [5.74, 6) is 0. The molecule has 0 aliphatic rings. The van der Waals surface area contributed by atoms with Crippen LogP contribution in [0.4, 0.5) is 0 Å². The molecular formula is C6H12O3. The predicted molar refractivity (Wildman–Crippen MR) is 33.8 cm³/mol. The molecule has 54 valence electrons. The molecule has 0 aliphatic carbocycles. The molecule has 0 amide bonds. The largest absolute Gasteiger partial charge is 0.473 e. The number of hydrogen-bond donors (Lipinski definition) is 1. The minimum atomic E-state index is -0.354. The normalized spacial score (nSPS) is 12.7. The first kappa shape index (κ1) is 8.46. The summed E-state index contributed by atoms with van der Waals surface area (Å²) < 4.78 is 9.59. The van der Waals surface area contributed by atoms with Crippen LogP contribution in [0.5, 0.6) is 0 Å². The van der Waals surface area contributed by atoms with Crippen molar-refractivity contribution in [1.82, 2.24) is 0 Å². The maximum atomic E-state index is 8.40. The van der Waals surface area contributed by atoms with E-state index >= 15 is 0 Å². The Bertz CT molecular complexity index is 72.7. The maximum absolute atomic E-state index is 8.40. The molecule has 0 bridgehead atoms. The van der Waals surface area contributed by atoms with Gasteiger partial charge in [0, 0.05) is 20.1 Å². The van der Waals surface area contributed by atoms with Gasteiger partial charge in [-0.2, -0.15) is 0 Å². The summed E-state index contributed by atoms with van der Waals surface area (Å²) in [6.07, 6.45) is 1.42. The average molecular weight is 132 g/mol. The van der Waals surface area contributed by atoms with E-state index in [1.54, 1.807) is 0 Å². The van der Waals surface area contributed by atoms with Crippen LogP contribution in [-0.2, 0) is 9.47 Å². The summed E-state index contributed by atoms with van der Waals surface area (Å²) in [4.78, 5) is 0. The summed E-state index contributed by atoms with van der Waals surface area (Å²) >= 11 is 0. The van der Waals surface area contributed by atoms with Gasteiger partial charge in [-0.15, -0.1) is 0 Å². The van der Waals surface area contributed by atoms with Gasteiger partial charge < -0.3 is 14.6 Å². The monoisotopic (exact) mass is 132 g/mol. The Morgan fingerprint density at radius 3 is 2.78 bits per heavy atom. The van der Waals surface area contributed by atoms with E-state index in [1.807, 2.05) is 0 Å². The third-order valence-electron chi connectivity index (χ3n) is 0.876. The zero-order chi connectivity index (χ0) is 7.11. The van der Waals surface area contributed by atoms with E-state index in [4.69, 9.17) is 14.6 Å². The highest BCUT2D eigenvalue weighted by Crippen LogP contribution is 1.97. The van der Waals surface area contributed by atoms with Gasteiger partial charge in [0.25, 0.3) is 0 Å². The molecule has 0 spiro atoms. The summed E-state index contributed by atoms with van der Waals surface area (Å²) in [5.41, 5.74) is 0. The summed E-state index contributed by atoms with van der Waals surface area (Å²) in [6, 6.07) is 0. The smallest absolute Gasteiger partial charge is 0.200 e. The molecule has 0 heterocycles. The van der Waals surface area contributed by atoms with Gasteiger partial charge in [-0.1, -0.05) is 6.58 Å². The van der Waals surface area contributed by atoms with E-state index in [0.717, 1.165) is 0 Å². The van der Waals surface area contributed by atoms with Gasteiger partial charge in [0.2, 0.25) is 6.29 Å². The highest BCUT2D eigenvalue weighted by Gasteiger charge is 2.02. The van der Waals surface area contributed by atoms with Crippen molar-refractivity contribution in [3.8, 4) is 0 Å². The number of rotatable bonds is 5. The van der Waals surface area contributed by atoms with E-state index in [0.29, 0.717) is 6.42 Å². The van der Waals surface area contributed by atoms with Crippen LogP contribution in [0.1, 0.15) is 6.42 Å². The molecule has 3 nitrogen and oxygen atoms in total. The van der Waals surface area contributed by atoms with Gasteiger partial charge in [0.05, 0.1) is 6.26 Å². The van der Waals surface area contributed by atoms with Crippen LogP contribution >= 0.6 is 0 Å². The van der Waals surface area contributed by atoms with Crippen molar-refractivity contribution in [2.75, 3.05) is 13.7 Å². The van der Waals surface area contributed by atoms with Crippen molar-refractivity contribution < 1.29 is 14.6 Å². The summed E-state index contributed by atoms with van der Waals surface area (Å²) in [7, 11) is 1.52. The van der Waals surface area contributed by atoms with E-state index in [1.165, 1.54) is 13.4 Å². The Morgan fingerprint density at radius 1 is 1.78 bits per heavy atom. The lowest BCUT2D eigenvalue weighted by Gasteiger charge is -2.11. The van der Waals surface area contributed by atoms with Crippen molar-refractivity contribution in [3.05, 3.63) is 12.8 Å². The summed E-state index contributed by atoms with van der Waals surface area (Å²) in [6.45, 7) is 3.41. The molecule has 0 aromatic heterocycles. The first-order chi connectivity index (χ1) is 4.35. The SMILES string of the molecule is C=COC(CCO)OC. The van der Waals surface area contributed by atoms with Crippen molar-refractivity contribution in [2.45, 2.75) is 12.7 Å². The van der Waals surface area contributed by atoms with Crippen molar-refractivity contribution >= 4 is 0 Å². The average Bonchev–Trinajstić information content (AvgIpc) is 1.88. The first-order valence-corrected chi connectivity index (χ1v) is 2.75. The van der Waals surface area contributed by atoms with Gasteiger partial charge in [0.1, 0.15) is 0 Å². The predicted octanol–water partition coefficient (Wildman–Crippen LogP) is 0.501. The van der Waals surface area contributed by atoms with Crippen molar-refractivity contribution in [2.24, 2.45) is 0 Å². The molecule has 1 atom stereocenters. The molecule has 0 rings (SSSR count). The van der Waals surface area contributed by atoms with Gasteiger partial charge in [0.15, 0.2) is 0 Å². The fraction of sp³-hybridized carbons (Fsp3) is 0.667. The van der Waals surface area contributed by atoms with E-state index in [9.17, 15) is 0 Å². The number of aliphatic hydroxyl groups excluding tert-OH is 1. The second kappa shape index (κ2) is 5.59. The molecule has 0 aromatic rings. The molecule has 0 saturated heterocycles. The van der Waals surface area contributed by atoms with Crippen molar-refractivity contribution in [1.29, 1.82) is 0 Å². The fourth-order valence-electron chi connectivity index (χ4n) is 0.454. The van der Waals surface area contributed by atoms with Crippen molar-refractivity contribution in [3.63, 3.8) is 0 Å². The standard InChI is InChI=1S/C6H12O3/c1-3-9-6(8-2)4-5-7/h3,6-7H,1,4-5H2,2H3. The second-order valence-electron chi connectivity index (χ2n) is 1.48. The van der Waals surface area contributed by atoms with Gasteiger partial charge in [-0.05, 0) is 0 Å². The molecule has 0 aliphatic heterocycles. The van der Waals surface area contributed by atoms with Crippen LogP contribution in [0.3, 0.4) is 0 Å². The second-order valence-corrected chi connectivity index (χ2v) is 1.48. The maximum Gasteiger partial charge on any atom is 0.200 e. The van der Waals surface area contributed by atoms with Crippen LogP contribution in [0.15, 0.2) is 12.8 Å². The van der Waals surface area contributed by atoms with Crippen LogP contribution in [0.25, 0.3) is 0 Å². The van der Waals surface area contributed by atoms with Crippen LogP contribution in [-0.4, -0.2) is 25.1 Å². The van der Waals surface area contributed by atoms with Gasteiger partial charge in [-0.25, -0.2) is 0 Å². The number of methoxy groups -OCH3 is 1. The molecule has 1 unspecified atom stereocenters. The molecular weight excluding hydrogens is 120 g/mol. The third-order valence-corrected chi connectivity index (χ3v) is 0.876. The number of hydrogen-bond acceptors (Lipinski definition) is 3. The molecule has 0 aromatic carbocycles. The Morgan fingerprint density at radius 2 is 2.44 bits per heavy atom. The molecule has 3 heteroatoms. The van der Waals surface area contributed by atoms with Crippen LogP contribution < -0.4 is 0 Å². The minimum absolute atomic E-state index is 0.0619. The quantitative estimate of drug-likeness (QED) is 0.437. The molecule has 0 saturated carbocycles. The van der Waals surface area contributed by atoms with E-state index < -0.39 is 0 Å². The number of ether oxygens (including phenoxy) is 2. The van der Waals surface area contributed by atoms with Gasteiger partial charge >= 0.3 is 0 Å². The Hall–Kier alpha value is -0.540. The Labute approximate surface area is 54.9 Å². The zero-order valence-corrected chi connectivity index (χ0v) is 5.54. The Balaban J connectivity index is 3.28. The summed E-state index contributed by atoms with van der Waals surface area (Å²) in [5, 5.41) is 8.40. The highest BCUT2D eigenvalue weighted by atomic mass is 16.7. The lowest BCUT2D eigenvalue weighted by atomic mass is 10.4. The lowest BCUT2D eigenvalue weighted by molar-refractivity contribution is -0.0927.